The average molecular weight is 287 g/mol. The van der Waals surface area contributed by atoms with Gasteiger partial charge in [0, 0.05) is 7.05 Å². The molecule has 0 spiro atoms. The molecule has 0 atom stereocenters. The second-order valence-corrected chi connectivity index (χ2v) is 4.93. The zero-order chi connectivity index (χ0) is 12.0. The Balaban J connectivity index is 2.27. The van der Waals surface area contributed by atoms with Crippen LogP contribution in [0, 0.1) is 5.92 Å². The Labute approximate surface area is 105 Å². The number of rotatable bonds is 6. The minimum Gasteiger partial charge on any atom is -0.316 e. The molecule has 0 fully saturated rings. The van der Waals surface area contributed by atoms with Gasteiger partial charge >= 0.3 is 0 Å². The van der Waals surface area contributed by atoms with Gasteiger partial charge in [-0.1, -0.05) is 25.1 Å². The van der Waals surface area contributed by atoms with E-state index in [4.69, 9.17) is 0 Å². The number of nitrogens with zero attached hydrogens (tertiary/aromatic N) is 3. The summed E-state index contributed by atoms with van der Waals surface area (Å²) in [6.07, 6.45) is 5.20. The summed E-state index contributed by atoms with van der Waals surface area (Å²) in [6.45, 7) is 6.50. The van der Waals surface area contributed by atoms with E-state index in [1.807, 2.05) is 13.1 Å². The first-order chi connectivity index (χ1) is 7.61. The van der Waals surface area contributed by atoms with Gasteiger partial charge in [0.25, 0.3) is 0 Å². The molecule has 0 aromatic carbocycles. The fourth-order valence-corrected chi connectivity index (χ4v) is 1.75. The molecule has 1 rings (SSSR count). The van der Waals surface area contributed by atoms with Gasteiger partial charge < -0.3 is 5.32 Å². The summed E-state index contributed by atoms with van der Waals surface area (Å²) in [5.41, 5.74) is 1.00. The molecule has 0 aliphatic rings. The van der Waals surface area contributed by atoms with Gasteiger partial charge in [-0.05, 0) is 47.4 Å². The van der Waals surface area contributed by atoms with Crippen molar-refractivity contribution in [3.8, 4) is 0 Å². The highest BCUT2D eigenvalue weighted by atomic mass is 79.9. The van der Waals surface area contributed by atoms with Crippen LogP contribution in [0.1, 0.15) is 26.0 Å². The molecule has 1 N–H and O–H groups in total. The molecule has 1 aromatic rings. The van der Waals surface area contributed by atoms with E-state index in [1.54, 1.807) is 4.68 Å². The lowest BCUT2D eigenvalue weighted by atomic mass is 10.2. The number of hydrogen-bond acceptors (Lipinski definition) is 3. The quantitative estimate of drug-likeness (QED) is 0.816. The van der Waals surface area contributed by atoms with Gasteiger partial charge in [-0.25, -0.2) is 4.68 Å². The topological polar surface area (TPSA) is 42.7 Å². The van der Waals surface area contributed by atoms with Crippen LogP contribution in [0.15, 0.2) is 10.7 Å². The standard InChI is InChI=1S/C11H19BrN4/c1-9(2)8-13-7-5-4-6-10-11(12)14-15-16(10)3/h4,6,9,13H,5,7-8H2,1-3H3/b6-4+. The number of aromatic nitrogens is 3. The van der Waals surface area contributed by atoms with Crippen LogP contribution < -0.4 is 5.32 Å². The van der Waals surface area contributed by atoms with Crippen molar-refractivity contribution in [3.05, 3.63) is 16.4 Å². The van der Waals surface area contributed by atoms with Gasteiger partial charge in [-0.15, -0.1) is 5.10 Å². The zero-order valence-corrected chi connectivity index (χ0v) is 11.7. The normalized spacial score (nSPS) is 11.8. The number of hydrogen-bond donors (Lipinski definition) is 1. The molecule has 16 heavy (non-hydrogen) atoms. The lowest BCUT2D eigenvalue weighted by Crippen LogP contribution is -2.20. The summed E-state index contributed by atoms with van der Waals surface area (Å²) in [4.78, 5) is 0. The molecule has 4 nitrogen and oxygen atoms in total. The lowest BCUT2D eigenvalue weighted by molar-refractivity contribution is 0.557. The molecule has 0 unspecified atom stereocenters. The predicted molar refractivity (Wildman–Crippen MR) is 70.1 cm³/mol. The van der Waals surface area contributed by atoms with Crippen molar-refractivity contribution in [1.29, 1.82) is 0 Å². The summed E-state index contributed by atoms with van der Waals surface area (Å²) in [6, 6.07) is 0. The molecule has 1 aromatic heterocycles. The summed E-state index contributed by atoms with van der Waals surface area (Å²) >= 11 is 3.36. The first-order valence-electron chi connectivity index (χ1n) is 5.53. The first-order valence-corrected chi connectivity index (χ1v) is 6.33. The Hall–Kier alpha value is -0.680. The molecule has 1 heterocycles. The molecule has 0 saturated heterocycles. The third-order valence-corrected chi connectivity index (χ3v) is 2.71. The van der Waals surface area contributed by atoms with Crippen molar-refractivity contribution in [2.24, 2.45) is 13.0 Å². The Morgan fingerprint density at radius 3 is 2.81 bits per heavy atom. The number of aryl methyl sites for hydroxylation is 1. The van der Waals surface area contributed by atoms with Crippen molar-refractivity contribution in [2.45, 2.75) is 20.3 Å². The Bertz CT molecular complexity index is 324. The van der Waals surface area contributed by atoms with E-state index in [0.29, 0.717) is 5.92 Å². The molecule has 0 radical (unpaired) electrons. The summed E-state index contributed by atoms with van der Waals surface area (Å²) in [7, 11) is 1.88. The number of halogens is 1. The van der Waals surface area contributed by atoms with Crippen LogP contribution in [-0.2, 0) is 7.05 Å². The summed E-state index contributed by atoms with van der Waals surface area (Å²) < 4.78 is 2.55. The van der Waals surface area contributed by atoms with Crippen molar-refractivity contribution >= 4 is 22.0 Å². The first kappa shape index (κ1) is 13.4. The monoisotopic (exact) mass is 286 g/mol. The van der Waals surface area contributed by atoms with Crippen LogP contribution in [0.4, 0.5) is 0 Å². The maximum absolute atomic E-state index is 3.92. The van der Waals surface area contributed by atoms with Crippen LogP contribution in [0.2, 0.25) is 0 Å². The Morgan fingerprint density at radius 2 is 2.25 bits per heavy atom. The van der Waals surface area contributed by atoms with E-state index in [-0.39, 0.29) is 0 Å². The van der Waals surface area contributed by atoms with Crippen LogP contribution in [0.5, 0.6) is 0 Å². The van der Waals surface area contributed by atoms with Crippen LogP contribution >= 0.6 is 15.9 Å². The Morgan fingerprint density at radius 1 is 1.50 bits per heavy atom. The minimum atomic E-state index is 0.708. The molecule has 0 aliphatic carbocycles. The lowest BCUT2D eigenvalue weighted by Gasteiger charge is -2.04. The molecule has 0 saturated carbocycles. The molecular weight excluding hydrogens is 268 g/mol. The van der Waals surface area contributed by atoms with Gasteiger partial charge in [-0.3, -0.25) is 0 Å². The second-order valence-electron chi connectivity index (χ2n) is 4.18. The van der Waals surface area contributed by atoms with Crippen LogP contribution in [0.25, 0.3) is 6.08 Å². The van der Waals surface area contributed by atoms with Gasteiger partial charge in [-0.2, -0.15) is 0 Å². The third-order valence-electron chi connectivity index (χ3n) is 2.14. The van der Waals surface area contributed by atoms with E-state index in [2.05, 4.69) is 51.5 Å². The SMILES string of the molecule is CC(C)CNCC/C=C/c1c(Br)nnn1C. The summed E-state index contributed by atoms with van der Waals surface area (Å²) in [5.74, 6) is 0.708. The molecule has 0 amide bonds. The highest BCUT2D eigenvalue weighted by Crippen LogP contribution is 2.13. The largest absolute Gasteiger partial charge is 0.316 e. The van der Waals surface area contributed by atoms with Crippen molar-refractivity contribution < 1.29 is 0 Å². The van der Waals surface area contributed by atoms with Crippen molar-refractivity contribution in [3.63, 3.8) is 0 Å². The smallest absolute Gasteiger partial charge is 0.155 e. The predicted octanol–water partition coefficient (Wildman–Crippen LogP) is 2.23. The van der Waals surface area contributed by atoms with Gasteiger partial charge in [0.15, 0.2) is 4.60 Å². The third kappa shape index (κ3) is 4.45. The number of nitrogens with one attached hydrogen (secondary N) is 1. The van der Waals surface area contributed by atoms with Gasteiger partial charge in [0.05, 0.1) is 5.69 Å². The fourth-order valence-electron chi connectivity index (χ4n) is 1.29. The van der Waals surface area contributed by atoms with Gasteiger partial charge in [0.2, 0.25) is 0 Å². The molecule has 90 valence electrons. The van der Waals surface area contributed by atoms with E-state index < -0.39 is 0 Å². The second kappa shape index (κ2) is 6.81. The van der Waals surface area contributed by atoms with Gasteiger partial charge in [0.1, 0.15) is 0 Å². The van der Waals surface area contributed by atoms with E-state index >= 15 is 0 Å². The fraction of sp³-hybridized carbons (Fsp3) is 0.636. The van der Waals surface area contributed by atoms with E-state index in [0.717, 1.165) is 29.8 Å². The maximum atomic E-state index is 3.92. The highest BCUT2D eigenvalue weighted by molar-refractivity contribution is 9.10. The molecule has 0 bridgehead atoms. The van der Waals surface area contributed by atoms with Crippen molar-refractivity contribution in [1.82, 2.24) is 20.3 Å². The van der Waals surface area contributed by atoms with E-state index in [1.165, 1.54) is 0 Å². The van der Waals surface area contributed by atoms with Crippen LogP contribution in [-0.4, -0.2) is 28.1 Å². The zero-order valence-electron chi connectivity index (χ0n) is 10.1. The summed E-state index contributed by atoms with van der Waals surface area (Å²) in [5, 5.41) is 11.2. The van der Waals surface area contributed by atoms with Crippen LogP contribution in [0.3, 0.4) is 0 Å². The maximum Gasteiger partial charge on any atom is 0.155 e. The van der Waals surface area contributed by atoms with Crippen molar-refractivity contribution in [2.75, 3.05) is 13.1 Å². The minimum absolute atomic E-state index is 0.708. The highest BCUT2D eigenvalue weighted by Gasteiger charge is 2.02. The molecule has 5 heteroatoms. The average Bonchev–Trinajstić information content (AvgIpc) is 2.53. The molecule has 0 aliphatic heterocycles. The Kier molecular flexibility index (Phi) is 5.69. The van der Waals surface area contributed by atoms with E-state index in [9.17, 15) is 0 Å². The molecular formula is C11H19BrN4.